The minimum Gasteiger partial charge on any atom is -0.394 e. The summed E-state index contributed by atoms with van der Waals surface area (Å²) in [7, 11) is 0. The minimum absolute atomic E-state index is 0.213. The number of piperidine rings is 2. The number of aromatic nitrogens is 3. The quantitative estimate of drug-likeness (QED) is 0.199. The molecule has 3 heterocycles. The molecule has 174 valence electrons. The van der Waals surface area contributed by atoms with Gasteiger partial charge in [0.1, 0.15) is 24.4 Å². The SMILES string of the molecule is OCC(O)C(O)C(O)C(O)/C=N/Nc1nc(N2CCCCC2)nc(N2CCCCC2)n1. The van der Waals surface area contributed by atoms with Crippen molar-refractivity contribution in [2.24, 2.45) is 5.10 Å². The van der Waals surface area contributed by atoms with Crippen LogP contribution in [0.3, 0.4) is 0 Å². The molecule has 12 heteroatoms. The Morgan fingerprint density at radius 2 is 1.32 bits per heavy atom. The van der Waals surface area contributed by atoms with Crippen LogP contribution >= 0.6 is 0 Å². The summed E-state index contributed by atoms with van der Waals surface area (Å²) in [5.41, 5.74) is 2.66. The molecule has 0 aliphatic carbocycles. The summed E-state index contributed by atoms with van der Waals surface area (Å²) < 4.78 is 0. The first-order valence-corrected chi connectivity index (χ1v) is 10.9. The van der Waals surface area contributed by atoms with E-state index in [9.17, 15) is 20.4 Å². The van der Waals surface area contributed by atoms with Gasteiger partial charge in [-0.25, -0.2) is 5.43 Å². The molecular formula is C19H33N7O5. The van der Waals surface area contributed by atoms with Gasteiger partial charge in [-0.05, 0) is 38.5 Å². The third-order valence-electron chi connectivity index (χ3n) is 5.56. The minimum atomic E-state index is -1.72. The predicted octanol–water partition coefficient (Wildman–Crippen LogP) is -1.31. The van der Waals surface area contributed by atoms with E-state index in [0.717, 1.165) is 58.1 Å². The Balaban J connectivity index is 1.72. The second-order valence-corrected chi connectivity index (χ2v) is 7.97. The number of aliphatic hydroxyl groups excluding tert-OH is 5. The Morgan fingerprint density at radius 1 is 0.806 bits per heavy atom. The van der Waals surface area contributed by atoms with Crippen molar-refractivity contribution in [3.63, 3.8) is 0 Å². The second kappa shape index (κ2) is 11.5. The Hall–Kier alpha value is -2.12. The van der Waals surface area contributed by atoms with Gasteiger partial charge in [-0.2, -0.15) is 20.1 Å². The van der Waals surface area contributed by atoms with Crippen molar-refractivity contribution in [3.8, 4) is 0 Å². The van der Waals surface area contributed by atoms with E-state index in [4.69, 9.17) is 5.11 Å². The highest BCUT2D eigenvalue weighted by molar-refractivity contribution is 5.64. The Bertz CT molecular complexity index is 677. The summed E-state index contributed by atoms with van der Waals surface area (Å²) in [6.45, 7) is 2.76. The maximum Gasteiger partial charge on any atom is 0.250 e. The fourth-order valence-corrected chi connectivity index (χ4v) is 3.67. The van der Waals surface area contributed by atoms with Crippen molar-refractivity contribution in [2.75, 3.05) is 48.0 Å². The van der Waals surface area contributed by atoms with Crippen molar-refractivity contribution in [1.82, 2.24) is 15.0 Å². The molecule has 0 saturated carbocycles. The molecule has 3 rings (SSSR count). The zero-order chi connectivity index (χ0) is 22.2. The van der Waals surface area contributed by atoms with Crippen molar-refractivity contribution in [3.05, 3.63) is 0 Å². The number of aliphatic hydroxyl groups is 5. The number of anilines is 3. The lowest BCUT2D eigenvalue weighted by atomic mass is 10.0. The molecule has 0 spiro atoms. The van der Waals surface area contributed by atoms with E-state index < -0.39 is 31.0 Å². The fraction of sp³-hybridized carbons (Fsp3) is 0.789. The molecule has 2 saturated heterocycles. The number of nitrogens with zero attached hydrogens (tertiary/aromatic N) is 6. The van der Waals surface area contributed by atoms with Gasteiger partial charge in [0.25, 0.3) is 0 Å². The monoisotopic (exact) mass is 439 g/mol. The van der Waals surface area contributed by atoms with E-state index in [1.807, 2.05) is 0 Å². The van der Waals surface area contributed by atoms with Gasteiger partial charge in [0.05, 0.1) is 12.8 Å². The molecule has 2 fully saturated rings. The average molecular weight is 440 g/mol. The van der Waals surface area contributed by atoms with Gasteiger partial charge in [0, 0.05) is 26.2 Å². The molecule has 12 nitrogen and oxygen atoms in total. The number of hydrazone groups is 1. The first-order chi connectivity index (χ1) is 15.0. The summed E-state index contributed by atoms with van der Waals surface area (Å²) in [5, 5.41) is 51.6. The standard InChI is InChI=1S/C19H33N7O5/c27-12-14(29)16(31)15(30)13(28)11-20-24-17-21-18(25-7-3-1-4-8-25)23-19(22-17)26-9-5-2-6-10-26/h11,13-16,27-31H,1-10,12H2,(H,21,22,23,24)/b20-11+. The van der Waals surface area contributed by atoms with Crippen LogP contribution in [0.2, 0.25) is 0 Å². The Morgan fingerprint density at radius 3 is 1.81 bits per heavy atom. The number of nitrogens with one attached hydrogen (secondary N) is 1. The first kappa shape index (κ1) is 23.5. The van der Waals surface area contributed by atoms with Gasteiger partial charge in [0.15, 0.2) is 0 Å². The zero-order valence-electron chi connectivity index (χ0n) is 17.6. The van der Waals surface area contributed by atoms with Gasteiger partial charge >= 0.3 is 0 Å². The number of hydrogen-bond acceptors (Lipinski definition) is 12. The predicted molar refractivity (Wildman–Crippen MR) is 115 cm³/mol. The largest absolute Gasteiger partial charge is 0.394 e. The maximum absolute atomic E-state index is 9.97. The lowest BCUT2D eigenvalue weighted by molar-refractivity contribution is -0.0999. The highest BCUT2D eigenvalue weighted by atomic mass is 16.4. The van der Waals surface area contributed by atoms with Gasteiger partial charge in [-0.1, -0.05) is 0 Å². The molecule has 1 aromatic heterocycles. The molecule has 2 aliphatic heterocycles. The fourth-order valence-electron chi connectivity index (χ4n) is 3.67. The highest BCUT2D eigenvalue weighted by Gasteiger charge is 2.29. The molecule has 6 N–H and O–H groups in total. The summed E-state index contributed by atoms with van der Waals surface area (Å²) in [4.78, 5) is 17.8. The lowest BCUT2D eigenvalue weighted by Crippen LogP contribution is -2.46. The molecule has 31 heavy (non-hydrogen) atoms. The van der Waals surface area contributed by atoms with Crippen LogP contribution in [0.4, 0.5) is 17.8 Å². The number of rotatable bonds is 9. The topological polar surface area (TPSA) is 171 Å². The molecule has 0 radical (unpaired) electrons. The van der Waals surface area contributed by atoms with Crippen molar-refractivity contribution >= 4 is 24.1 Å². The van der Waals surface area contributed by atoms with Crippen molar-refractivity contribution in [1.29, 1.82) is 0 Å². The molecule has 0 aromatic carbocycles. The van der Waals surface area contributed by atoms with E-state index in [1.54, 1.807) is 0 Å². The summed E-state index contributed by atoms with van der Waals surface area (Å²) in [5.74, 6) is 1.37. The van der Waals surface area contributed by atoms with E-state index in [2.05, 4.69) is 35.3 Å². The van der Waals surface area contributed by atoms with Crippen molar-refractivity contribution in [2.45, 2.75) is 62.9 Å². The summed E-state index contributed by atoms with van der Waals surface area (Å²) in [6.07, 6.45) is 1.08. The Labute approximate surface area is 181 Å². The van der Waals surface area contributed by atoms with Crippen LogP contribution < -0.4 is 15.2 Å². The third kappa shape index (κ3) is 6.43. The highest BCUT2D eigenvalue weighted by Crippen LogP contribution is 2.22. The molecule has 0 bridgehead atoms. The van der Waals surface area contributed by atoms with E-state index in [-0.39, 0.29) is 5.95 Å². The van der Waals surface area contributed by atoms with E-state index >= 15 is 0 Å². The molecule has 4 atom stereocenters. The van der Waals surface area contributed by atoms with Crippen LogP contribution in [0.5, 0.6) is 0 Å². The van der Waals surface area contributed by atoms with E-state index in [0.29, 0.717) is 11.9 Å². The number of hydrogen-bond donors (Lipinski definition) is 6. The molecule has 4 unspecified atom stereocenters. The first-order valence-electron chi connectivity index (χ1n) is 10.9. The lowest BCUT2D eigenvalue weighted by Gasteiger charge is -2.30. The van der Waals surface area contributed by atoms with Crippen LogP contribution in [0.25, 0.3) is 0 Å². The molecular weight excluding hydrogens is 406 g/mol. The normalized spacial score (nSPS) is 21.7. The summed E-state index contributed by atoms with van der Waals surface area (Å²) >= 11 is 0. The van der Waals surface area contributed by atoms with Gasteiger partial charge in [0.2, 0.25) is 17.8 Å². The smallest absolute Gasteiger partial charge is 0.250 e. The Kier molecular flexibility index (Phi) is 8.72. The molecule has 2 aliphatic rings. The van der Waals surface area contributed by atoms with Gasteiger partial charge < -0.3 is 35.3 Å². The average Bonchev–Trinajstić information content (AvgIpc) is 2.83. The van der Waals surface area contributed by atoms with Crippen LogP contribution in [0, 0.1) is 0 Å². The summed E-state index contributed by atoms with van der Waals surface area (Å²) in [6, 6.07) is 0. The van der Waals surface area contributed by atoms with E-state index in [1.165, 1.54) is 12.8 Å². The zero-order valence-corrected chi connectivity index (χ0v) is 17.6. The molecule has 1 aromatic rings. The van der Waals surface area contributed by atoms with Crippen LogP contribution in [-0.4, -0.2) is 104 Å². The maximum atomic E-state index is 9.97. The van der Waals surface area contributed by atoms with Crippen LogP contribution in [-0.2, 0) is 0 Å². The van der Waals surface area contributed by atoms with Crippen LogP contribution in [0.1, 0.15) is 38.5 Å². The van der Waals surface area contributed by atoms with Gasteiger partial charge in [-0.3, -0.25) is 0 Å². The van der Waals surface area contributed by atoms with Crippen molar-refractivity contribution < 1.29 is 25.5 Å². The third-order valence-corrected chi connectivity index (χ3v) is 5.56. The molecule has 0 amide bonds. The second-order valence-electron chi connectivity index (χ2n) is 7.97. The van der Waals surface area contributed by atoms with Gasteiger partial charge in [-0.15, -0.1) is 0 Å². The van der Waals surface area contributed by atoms with Crippen LogP contribution in [0.15, 0.2) is 5.10 Å².